The van der Waals surface area contributed by atoms with Crippen LogP contribution in [0, 0.1) is 0 Å². The molecule has 2 aromatic rings. The highest BCUT2D eigenvalue weighted by Gasteiger charge is 2.23. The summed E-state index contributed by atoms with van der Waals surface area (Å²) in [6.07, 6.45) is 0. The van der Waals surface area contributed by atoms with Crippen LogP contribution in [0.2, 0.25) is 5.02 Å². The van der Waals surface area contributed by atoms with E-state index in [9.17, 15) is 24.6 Å². The zero-order valence-electron chi connectivity index (χ0n) is 11.3. The van der Waals surface area contributed by atoms with Crippen molar-refractivity contribution in [3.8, 4) is 11.5 Å². The van der Waals surface area contributed by atoms with Gasteiger partial charge in [-0.05, 0) is 24.3 Å². The molecule has 0 aliphatic rings. The van der Waals surface area contributed by atoms with E-state index in [0.717, 1.165) is 30.3 Å². The van der Waals surface area contributed by atoms with Gasteiger partial charge >= 0.3 is 11.9 Å². The van der Waals surface area contributed by atoms with Gasteiger partial charge in [0.1, 0.15) is 11.5 Å². The maximum atomic E-state index is 12.4. The van der Waals surface area contributed by atoms with Crippen LogP contribution in [-0.2, 0) is 0 Å². The lowest BCUT2D eigenvalue weighted by Crippen LogP contribution is -2.12. The maximum absolute atomic E-state index is 12.4. The van der Waals surface area contributed by atoms with Crippen LogP contribution in [0.25, 0.3) is 0 Å². The molecule has 4 N–H and O–H groups in total. The van der Waals surface area contributed by atoms with E-state index in [4.69, 9.17) is 21.8 Å². The van der Waals surface area contributed by atoms with Crippen LogP contribution in [0.4, 0.5) is 0 Å². The molecule has 0 aromatic heterocycles. The number of ketones is 1. The molecule has 0 saturated heterocycles. The first-order valence-electron chi connectivity index (χ1n) is 6.09. The van der Waals surface area contributed by atoms with E-state index in [1.807, 2.05) is 0 Å². The fraction of sp³-hybridized carbons (Fsp3) is 0. The van der Waals surface area contributed by atoms with E-state index in [2.05, 4.69) is 0 Å². The average molecular weight is 337 g/mol. The fourth-order valence-electron chi connectivity index (χ4n) is 1.93. The van der Waals surface area contributed by atoms with Crippen LogP contribution < -0.4 is 0 Å². The van der Waals surface area contributed by atoms with E-state index in [-0.39, 0.29) is 21.7 Å². The molecule has 0 bridgehead atoms. The fourth-order valence-corrected chi connectivity index (χ4v) is 2.09. The van der Waals surface area contributed by atoms with Crippen LogP contribution in [0.15, 0.2) is 30.3 Å². The predicted molar refractivity (Wildman–Crippen MR) is 78.6 cm³/mol. The monoisotopic (exact) mass is 336 g/mol. The first-order valence-corrected chi connectivity index (χ1v) is 6.47. The minimum atomic E-state index is -1.50. The van der Waals surface area contributed by atoms with Crippen molar-refractivity contribution in [3.05, 3.63) is 57.6 Å². The summed E-state index contributed by atoms with van der Waals surface area (Å²) in [5.41, 5.74) is -1.47. The lowest BCUT2D eigenvalue weighted by atomic mass is 9.96. The Labute approximate surface area is 134 Å². The molecule has 2 rings (SSSR count). The number of hydrogen-bond donors (Lipinski definition) is 4. The molecule has 8 heteroatoms. The van der Waals surface area contributed by atoms with Crippen molar-refractivity contribution in [3.63, 3.8) is 0 Å². The summed E-state index contributed by atoms with van der Waals surface area (Å²) in [6.45, 7) is 0. The second-order valence-corrected chi connectivity index (χ2v) is 4.93. The van der Waals surface area contributed by atoms with Crippen molar-refractivity contribution < 1.29 is 34.8 Å². The van der Waals surface area contributed by atoms with Gasteiger partial charge in [0, 0.05) is 11.6 Å². The summed E-state index contributed by atoms with van der Waals surface area (Å²) < 4.78 is 0. The Morgan fingerprint density at radius 3 is 2.00 bits per heavy atom. The lowest BCUT2D eigenvalue weighted by molar-refractivity contribution is 0.0692. The molecule has 2 aromatic carbocycles. The van der Waals surface area contributed by atoms with Crippen LogP contribution in [0.1, 0.15) is 36.6 Å². The highest BCUT2D eigenvalue weighted by Crippen LogP contribution is 2.32. The van der Waals surface area contributed by atoms with Crippen LogP contribution >= 0.6 is 11.6 Å². The molecule has 23 heavy (non-hydrogen) atoms. The summed E-state index contributed by atoms with van der Waals surface area (Å²) in [7, 11) is 0. The highest BCUT2D eigenvalue weighted by molar-refractivity contribution is 6.32. The standard InChI is InChI=1S/C15H9ClO7/c16-10-4-9(11(17)5-12(10)18)13(19)7-2-1-6(14(20)21)3-8(7)15(22)23/h1-5,17-18H,(H,20,21)(H,22,23). The lowest BCUT2D eigenvalue weighted by Gasteiger charge is -2.09. The Hall–Kier alpha value is -3.06. The van der Waals surface area contributed by atoms with E-state index in [1.54, 1.807) is 0 Å². The van der Waals surface area contributed by atoms with Crippen molar-refractivity contribution in [2.45, 2.75) is 0 Å². The van der Waals surface area contributed by atoms with Crippen molar-refractivity contribution in [1.29, 1.82) is 0 Å². The summed E-state index contributed by atoms with van der Waals surface area (Å²) in [5, 5.41) is 36.9. The Kier molecular flexibility index (Phi) is 4.24. The molecule has 0 aliphatic carbocycles. The summed E-state index contributed by atoms with van der Waals surface area (Å²) in [5.74, 6) is -4.75. The number of carbonyl (C=O) groups is 3. The van der Waals surface area contributed by atoms with Crippen molar-refractivity contribution in [2.75, 3.05) is 0 Å². The predicted octanol–water partition coefficient (Wildman–Crippen LogP) is 2.38. The number of rotatable bonds is 4. The molecule has 0 spiro atoms. The molecule has 0 atom stereocenters. The first kappa shape index (κ1) is 16.3. The number of carboxylic acid groups (broad SMARTS) is 2. The molecule has 0 radical (unpaired) electrons. The maximum Gasteiger partial charge on any atom is 0.336 e. The third-order valence-electron chi connectivity index (χ3n) is 3.05. The molecule has 118 valence electrons. The van der Waals surface area contributed by atoms with Gasteiger partial charge < -0.3 is 20.4 Å². The molecule has 0 amide bonds. The van der Waals surface area contributed by atoms with Gasteiger partial charge in [-0.1, -0.05) is 11.6 Å². The average Bonchev–Trinajstić information content (AvgIpc) is 2.49. The Balaban J connectivity index is 2.62. The van der Waals surface area contributed by atoms with Gasteiger partial charge in [-0.25, -0.2) is 9.59 Å². The highest BCUT2D eigenvalue weighted by atomic mass is 35.5. The number of carbonyl (C=O) groups excluding carboxylic acids is 1. The van der Waals surface area contributed by atoms with Crippen LogP contribution in [-0.4, -0.2) is 38.1 Å². The van der Waals surface area contributed by atoms with Gasteiger partial charge in [0.15, 0.2) is 5.78 Å². The number of halogens is 1. The van der Waals surface area contributed by atoms with Gasteiger partial charge in [0.05, 0.1) is 21.7 Å². The van der Waals surface area contributed by atoms with E-state index >= 15 is 0 Å². The second kappa shape index (κ2) is 5.98. The zero-order valence-corrected chi connectivity index (χ0v) is 12.0. The Bertz CT molecular complexity index is 842. The zero-order chi connectivity index (χ0) is 17.3. The van der Waals surface area contributed by atoms with Crippen molar-refractivity contribution in [1.82, 2.24) is 0 Å². The number of benzene rings is 2. The van der Waals surface area contributed by atoms with E-state index < -0.39 is 34.8 Å². The van der Waals surface area contributed by atoms with Crippen LogP contribution in [0.5, 0.6) is 11.5 Å². The first-order chi connectivity index (χ1) is 10.7. The third kappa shape index (κ3) is 3.09. The molecule has 0 heterocycles. The number of aromatic hydroxyl groups is 2. The Morgan fingerprint density at radius 2 is 1.43 bits per heavy atom. The number of phenols is 2. The van der Waals surface area contributed by atoms with Gasteiger partial charge in [-0.2, -0.15) is 0 Å². The molecule has 0 aliphatic heterocycles. The summed E-state index contributed by atoms with van der Waals surface area (Å²) >= 11 is 5.68. The van der Waals surface area contributed by atoms with Crippen molar-refractivity contribution >= 4 is 29.3 Å². The summed E-state index contributed by atoms with van der Waals surface area (Å²) in [4.78, 5) is 34.6. The van der Waals surface area contributed by atoms with E-state index in [1.165, 1.54) is 0 Å². The van der Waals surface area contributed by atoms with Gasteiger partial charge in [0.2, 0.25) is 0 Å². The number of phenolic OH excluding ortho intramolecular Hbond substituents is 2. The van der Waals surface area contributed by atoms with Gasteiger partial charge in [0.25, 0.3) is 0 Å². The Morgan fingerprint density at radius 1 is 0.783 bits per heavy atom. The minimum Gasteiger partial charge on any atom is -0.507 e. The second-order valence-electron chi connectivity index (χ2n) is 4.52. The number of aromatic carboxylic acids is 2. The number of carboxylic acids is 2. The quantitative estimate of drug-likeness (QED) is 0.630. The smallest absolute Gasteiger partial charge is 0.336 e. The molecule has 0 saturated carbocycles. The largest absolute Gasteiger partial charge is 0.507 e. The van der Waals surface area contributed by atoms with E-state index in [0.29, 0.717) is 0 Å². The molecular weight excluding hydrogens is 328 g/mol. The van der Waals surface area contributed by atoms with Crippen LogP contribution in [0.3, 0.4) is 0 Å². The van der Waals surface area contributed by atoms with Crippen molar-refractivity contribution in [2.24, 2.45) is 0 Å². The minimum absolute atomic E-state index is 0.204. The topological polar surface area (TPSA) is 132 Å². The van der Waals surface area contributed by atoms with Gasteiger partial charge in [-0.3, -0.25) is 4.79 Å². The number of hydrogen-bond acceptors (Lipinski definition) is 5. The molecule has 0 fully saturated rings. The molecule has 7 nitrogen and oxygen atoms in total. The van der Waals surface area contributed by atoms with Gasteiger partial charge in [-0.15, -0.1) is 0 Å². The SMILES string of the molecule is O=C(O)c1ccc(C(=O)c2cc(Cl)c(O)cc2O)c(C(=O)O)c1. The molecular formula is C15H9ClO7. The normalized spacial score (nSPS) is 10.3. The summed E-state index contributed by atoms with van der Waals surface area (Å²) in [6, 6.07) is 4.79. The molecule has 0 unspecified atom stereocenters. The third-order valence-corrected chi connectivity index (χ3v) is 3.35.